The largest absolute Gasteiger partial charge is 0.471 e. The van der Waals surface area contributed by atoms with Gasteiger partial charge in [-0.2, -0.15) is 26.3 Å². The van der Waals surface area contributed by atoms with Crippen molar-refractivity contribution in [2.75, 3.05) is 36.0 Å². The van der Waals surface area contributed by atoms with Crippen molar-refractivity contribution < 1.29 is 45.5 Å². The molecule has 196 valence electrons. The molecule has 7 nitrogen and oxygen atoms in total. The number of hydrogen-bond acceptors (Lipinski definition) is 5. The Morgan fingerprint density at radius 1 is 0.914 bits per heavy atom. The topological polar surface area (TPSA) is 70.2 Å². The zero-order valence-corrected chi connectivity index (χ0v) is 19.9. The molecule has 0 saturated carbocycles. The molecule has 0 bridgehead atoms. The lowest BCUT2D eigenvalue weighted by atomic mass is 10.1. The maximum atomic E-state index is 13.4. The van der Waals surface area contributed by atoms with Gasteiger partial charge in [-0.05, 0) is 52.8 Å². The fourth-order valence-corrected chi connectivity index (χ4v) is 3.53. The quantitative estimate of drug-likeness (QED) is 0.449. The number of rotatable bonds is 4. The van der Waals surface area contributed by atoms with E-state index in [4.69, 9.17) is 4.74 Å². The highest BCUT2D eigenvalue weighted by Gasteiger charge is 2.45. The Morgan fingerprint density at radius 2 is 1.46 bits per heavy atom. The van der Waals surface area contributed by atoms with Gasteiger partial charge >= 0.3 is 30.1 Å². The van der Waals surface area contributed by atoms with Crippen molar-refractivity contribution in [3.05, 3.63) is 23.8 Å². The molecule has 0 N–H and O–H groups in total. The minimum Gasteiger partial charge on any atom is -0.456 e. The molecular formula is C22H27F6N3O4. The van der Waals surface area contributed by atoms with Gasteiger partial charge in [0.15, 0.2) is 0 Å². The summed E-state index contributed by atoms with van der Waals surface area (Å²) in [6.45, 7) is 6.79. The van der Waals surface area contributed by atoms with E-state index in [1.165, 1.54) is 32.0 Å². The first-order chi connectivity index (χ1) is 15.8. The number of anilines is 2. The lowest BCUT2D eigenvalue weighted by molar-refractivity contribution is -0.185. The van der Waals surface area contributed by atoms with E-state index in [1.807, 2.05) is 0 Å². The molecule has 0 aromatic heterocycles. The van der Waals surface area contributed by atoms with E-state index in [1.54, 1.807) is 25.7 Å². The van der Waals surface area contributed by atoms with Crippen LogP contribution in [-0.4, -0.2) is 72.9 Å². The van der Waals surface area contributed by atoms with Gasteiger partial charge in [0.25, 0.3) is 0 Å². The predicted octanol–water partition coefficient (Wildman–Crippen LogP) is 4.16. The molecule has 1 aliphatic rings. The number of amides is 2. The molecule has 0 spiro atoms. The summed E-state index contributed by atoms with van der Waals surface area (Å²) < 4.78 is 83.5. The highest BCUT2D eigenvalue weighted by atomic mass is 19.4. The van der Waals surface area contributed by atoms with Crippen LogP contribution in [0.5, 0.6) is 0 Å². The van der Waals surface area contributed by atoms with Gasteiger partial charge in [-0.1, -0.05) is 0 Å². The van der Waals surface area contributed by atoms with Crippen molar-refractivity contribution >= 4 is 29.2 Å². The fraction of sp³-hybridized carbons (Fsp3) is 0.591. The van der Waals surface area contributed by atoms with E-state index >= 15 is 0 Å². The SMILES string of the molecule is CC(C)N(C(=O)C(F)(F)F)c1cc(N2CCN(C(=O)C(F)(F)F)CC2)ccc1C(=O)OC(C)(C)C. The number of benzene rings is 1. The molecule has 1 aromatic rings. The van der Waals surface area contributed by atoms with Crippen molar-refractivity contribution in [1.82, 2.24) is 4.90 Å². The average Bonchev–Trinajstić information content (AvgIpc) is 2.70. The standard InChI is InChI=1S/C22H27F6N3O4/c1-13(2)31(19(34)22(26,27)28)16-12-14(6-7-15(16)17(32)35-20(3,4)5)29-8-10-30(11-9-29)18(33)21(23,24)25/h6-7,12-13H,8-11H2,1-5H3. The minimum atomic E-state index is -5.23. The number of carbonyl (C=O) groups is 3. The second-order valence-electron chi connectivity index (χ2n) is 9.25. The molecule has 1 saturated heterocycles. The molecule has 13 heteroatoms. The number of ether oxygens (including phenoxy) is 1. The van der Waals surface area contributed by atoms with E-state index in [2.05, 4.69) is 0 Å². The Hall–Kier alpha value is -2.99. The van der Waals surface area contributed by atoms with Gasteiger partial charge in [0, 0.05) is 37.9 Å². The van der Waals surface area contributed by atoms with Crippen LogP contribution in [-0.2, 0) is 14.3 Å². The second-order valence-corrected chi connectivity index (χ2v) is 9.25. The molecule has 2 amide bonds. The molecule has 35 heavy (non-hydrogen) atoms. The molecule has 1 aliphatic heterocycles. The zero-order valence-electron chi connectivity index (χ0n) is 19.9. The molecule has 0 aliphatic carbocycles. The van der Waals surface area contributed by atoms with Crippen LogP contribution < -0.4 is 9.80 Å². The molecule has 1 aromatic carbocycles. The van der Waals surface area contributed by atoms with Crippen LogP contribution in [0.4, 0.5) is 37.7 Å². The number of hydrogen-bond donors (Lipinski definition) is 0. The number of nitrogens with zero attached hydrogens (tertiary/aromatic N) is 3. The maximum absolute atomic E-state index is 13.4. The average molecular weight is 511 g/mol. The molecule has 1 fully saturated rings. The van der Waals surface area contributed by atoms with Crippen molar-refractivity contribution in [1.29, 1.82) is 0 Å². The summed E-state index contributed by atoms with van der Waals surface area (Å²) >= 11 is 0. The molecule has 1 heterocycles. The van der Waals surface area contributed by atoms with Crippen LogP contribution in [0.3, 0.4) is 0 Å². The summed E-state index contributed by atoms with van der Waals surface area (Å²) in [6, 6.07) is 2.82. The van der Waals surface area contributed by atoms with E-state index in [9.17, 15) is 40.7 Å². The van der Waals surface area contributed by atoms with Crippen LogP contribution in [0, 0.1) is 0 Å². The van der Waals surface area contributed by atoms with Crippen molar-refractivity contribution in [2.45, 2.75) is 58.6 Å². The summed E-state index contributed by atoms with van der Waals surface area (Å²) in [5, 5.41) is 0. The third-order valence-corrected chi connectivity index (χ3v) is 5.01. The van der Waals surface area contributed by atoms with E-state index < -0.39 is 41.8 Å². The van der Waals surface area contributed by atoms with Crippen molar-refractivity contribution in [2.24, 2.45) is 0 Å². The third kappa shape index (κ3) is 7.01. The highest BCUT2D eigenvalue weighted by molar-refractivity contribution is 6.05. The first kappa shape index (κ1) is 28.2. The van der Waals surface area contributed by atoms with Gasteiger partial charge < -0.3 is 19.4 Å². The summed E-state index contributed by atoms with van der Waals surface area (Å²) in [6.07, 6.45) is -10.2. The molecule has 0 radical (unpaired) electrons. The Labute approximate surface area is 198 Å². The summed E-state index contributed by atoms with van der Waals surface area (Å²) in [7, 11) is 0. The van der Waals surface area contributed by atoms with E-state index in [0.717, 1.165) is 0 Å². The molecule has 2 rings (SSSR count). The fourth-order valence-electron chi connectivity index (χ4n) is 3.53. The number of halogens is 6. The Morgan fingerprint density at radius 3 is 1.89 bits per heavy atom. The van der Waals surface area contributed by atoms with Crippen LogP contribution in [0.25, 0.3) is 0 Å². The Balaban J connectivity index is 2.47. The third-order valence-electron chi connectivity index (χ3n) is 5.01. The van der Waals surface area contributed by atoms with Crippen LogP contribution in [0.15, 0.2) is 18.2 Å². The summed E-state index contributed by atoms with van der Waals surface area (Å²) in [4.78, 5) is 39.1. The monoisotopic (exact) mass is 511 g/mol. The van der Waals surface area contributed by atoms with Gasteiger partial charge in [-0.25, -0.2) is 4.79 Å². The number of piperazine rings is 1. The Kier molecular flexibility index (Phi) is 8.02. The normalized spacial score (nSPS) is 15.3. The van der Waals surface area contributed by atoms with Gasteiger partial charge in [0.05, 0.1) is 11.3 Å². The second kappa shape index (κ2) is 9.94. The minimum absolute atomic E-state index is 0.0397. The van der Waals surface area contributed by atoms with Crippen molar-refractivity contribution in [3.8, 4) is 0 Å². The van der Waals surface area contributed by atoms with Crippen LogP contribution in [0.2, 0.25) is 0 Å². The van der Waals surface area contributed by atoms with E-state index in [-0.39, 0.29) is 43.1 Å². The lowest BCUT2D eigenvalue weighted by Gasteiger charge is -2.37. The first-order valence-corrected chi connectivity index (χ1v) is 10.7. The maximum Gasteiger partial charge on any atom is 0.471 e. The van der Waals surface area contributed by atoms with Crippen LogP contribution >= 0.6 is 0 Å². The first-order valence-electron chi connectivity index (χ1n) is 10.7. The van der Waals surface area contributed by atoms with Crippen molar-refractivity contribution in [3.63, 3.8) is 0 Å². The lowest BCUT2D eigenvalue weighted by Crippen LogP contribution is -2.52. The summed E-state index contributed by atoms with van der Waals surface area (Å²) in [5.41, 5.74) is -1.32. The van der Waals surface area contributed by atoms with Gasteiger partial charge in [0.1, 0.15) is 5.60 Å². The molecular weight excluding hydrogens is 484 g/mol. The molecule has 0 unspecified atom stereocenters. The zero-order chi connectivity index (χ0) is 26.9. The predicted molar refractivity (Wildman–Crippen MR) is 115 cm³/mol. The number of alkyl halides is 6. The Bertz CT molecular complexity index is 961. The smallest absolute Gasteiger partial charge is 0.456 e. The van der Waals surface area contributed by atoms with Gasteiger partial charge in [0.2, 0.25) is 0 Å². The summed E-state index contributed by atoms with van der Waals surface area (Å²) in [5.74, 6) is -5.10. The van der Waals surface area contributed by atoms with Gasteiger partial charge in [-0.3, -0.25) is 9.59 Å². The number of esters is 1. The molecule has 0 atom stereocenters. The number of carbonyl (C=O) groups excluding carboxylic acids is 3. The van der Waals surface area contributed by atoms with Crippen LogP contribution in [0.1, 0.15) is 45.0 Å². The van der Waals surface area contributed by atoms with E-state index in [0.29, 0.717) is 9.80 Å². The highest BCUT2D eigenvalue weighted by Crippen LogP contribution is 2.34. The van der Waals surface area contributed by atoms with Gasteiger partial charge in [-0.15, -0.1) is 0 Å².